The maximum atomic E-state index is 11.3. The van der Waals surface area contributed by atoms with Gasteiger partial charge in [0.15, 0.2) is 0 Å². The van der Waals surface area contributed by atoms with E-state index in [-0.39, 0.29) is 12.5 Å². The molecule has 14 nitrogen and oxygen atoms in total. The van der Waals surface area contributed by atoms with Gasteiger partial charge in [-0.2, -0.15) is 0 Å². The molecule has 5 atom stereocenters. The predicted octanol–water partition coefficient (Wildman–Crippen LogP) is -1.34. The minimum Gasteiger partial charge on any atom is -0.790 e. The third-order valence-electron chi connectivity index (χ3n) is 2.41. The number of rotatable bonds is 8. The Morgan fingerprint density at radius 1 is 1.22 bits per heavy atom. The first-order valence-corrected chi connectivity index (χ1v) is 10.1. The Morgan fingerprint density at radius 2 is 1.83 bits per heavy atom. The highest BCUT2D eigenvalue weighted by Crippen LogP contribution is 2.60. The molecule has 0 amide bonds. The average Bonchev–Trinajstić information content (AvgIpc) is 2.63. The van der Waals surface area contributed by atoms with E-state index in [4.69, 9.17) is 10.3 Å². The number of phosphoric acid groups is 3. The van der Waals surface area contributed by atoms with Crippen LogP contribution < -0.4 is 19.6 Å². The minimum absolute atomic E-state index is 0.279. The molecule has 23 heavy (non-hydrogen) atoms. The zero-order chi connectivity index (χ0) is 17.9. The van der Waals surface area contributed by atoms with Crippen molar-refractivity contribution >= 4 is 23.5 Å². The van der Waals surface area contributed by atoms with Crippen LogP contribution in [0.2, 0.25) is 0 Å². The molecule has 0 spiro atoms. The van der Waals surface area contributed by atoms with E-state index < -0.39 is 42.2 Å². The van der Waals surface area contributed by atoms with Crippen molar-refractivity contribution in [2.24, 2.45) is 5.11 Å². The zero-order valence-electron chi connectivity index (χ0n) is 11.3. The fourth-order valence-electron chi connectivity index (χ4n) is 1.72. The Labute approximate surface area is 129 Å². The van der Waals surface area contributed by atoms with Crippen LogP contribution in [-0.2, 0) is 31.6 Å². The second-order valence-electron chi connectivity index (χ2n) is 4.29. The number of ether oxygens (including phenoxy) is 1. The quantitative estimate of drug-likeness (QED) is 0.203. The number of hydrogen-bond acceptors (Lipinski definition) is 12. The third-order valence-corrected chi connectivity index (χ3v) is 6.07. The van der Waals surface area contributed by atoms with Crippen molar-refractivity contribution in [3.8, 4) is 0 Å². The molecule has 0 saturated carbocycles. The van der Waals surface area contributed by atoms with Crippen molar-refractivity contribution in [3.05, 3.63) is 10.4 Å². The van der Waals surface area contributed by atoms with Crippen LogP contribution in [0.25, 0.3) is 10.4 Å². The Morgan fingerprint density at radius 3 is 2.35 bits per heavy atom. The summed E-state index contributed by atoms with van der Waals surface area (Å²) in [6.45, 7) is 0.855. The lowest BCUT2D eigenvalue weighted by atomic mass is 10.1. The van der Waals surface area contributed by atoms with Crippen LogP contribution in [0, 0.1) is 0 Å². The second kappa shape index (κ2) is 7.71. The zero-order valence-corrected chi connectivity index (χ0v) is 14.0. The lowest BCUT2D eigenvalue weighted by Crippen LogP contribution is -2.26. The lowest BCUT2D eigenvalue weighted by molar-refractivity contribution is -0.339. The van der Waals surface area contributed by atoms with Crippen molar-refractivity contribution < 1.29 is 51.2 Å². The smallest absolute Gasteiger partial charge is 0.278 e. The van der Waals surface area contributed by atoms with Gasteiger partial charge in [-0.15, -0.1) is 0 Å². The van der Waals surface area contributed by atoms with Crippen LogP contribution in [0.15, 0.2) is 5.11 Å². The summed E-state index contributed by atoms with van der Waals surface area (Å²) in [6, 6.07) is -0.756. The van der Waals surface area contributed by atoms with Gasteiger partial charge in [0, 0.05) is 4.91 Å². The number of nitrogens with zero attached hydrogens (tertiary/aromatic N) is 3. The Balaban J connectivity index is 2.65. The first-order valence-electron chi connectivity index (χ1n) is 5.74. The molecule has 0 radical (unpaired) electrons. The second-order valence-corrected chi connectivity index (χ2v) is 8.54. The maximum Gasteiger partial charge on any atom is 0.278 e. The normalized spacial score (nSPS) is 30.2. The van der Waals surface area contributed by atoms with Gasteiger partial charge in [0.05, 0.1) is 32.7 Å². The van der Waals surface area contributed by atoms with Crippen LogP contribution in [0.3, 0.4) is 0 Å². The van der Waals surface area contributed by atoms with Gasteiger partial charge < -0.3 is 33.4 Å². The van der Waals surface area contributed by atoms with Gasteiger partial charge >= 0.3 is 0 Å². The molecule has 0 bridgehead atoms. The number of azide groups is 1. The van der Waals surface area contributed by atoms with Gasteiger partial charge in [-0.3, -0.25) is 13.4 Å². The van der Waals surface area contributed by atoms with E-state index in [1.165, 1.54) is 0 Å². The summed E-state index contributed by atoms with van der Waals surface area (Å²) in [6.07, 6.45) is -1.09. The van der Waals surface area contributed by atoms with Gasteiger partial charge in [0.1, 0.15) is 0 Å². The van der Waals surface area contributed by atoms with Crippen molar-refractivity contribution in [1.29, 1.82) is 0 Å². The first kappa shape index (κ1) is 20.7. The molecule has 17 heteroatoms. The van der Waals surface area contributed by atoms with Crippen molar-refractivity contribution in [1.82, 2.24) is 0 Å². The molecule has 134 valence electrons. The third kappa shape index (κ3) is 7.86. The number of hydrogen-bond donors (Lipinski definition) is 0. The van der Waals surface area contributed by atoms with Crippen molar-refractivity contribution in [2.75, 3.05) is 6.61 Å². The van der Waals surface area contributed by atoms with Crippen LogP contribution in [0.1, 0.15) is 13.3 Å². The van der Waals surface area contributed by atoms with Crippen LogP contribution >= 0.6 is 23.5 Å². The molecule has 1 heterocycles. The largest absolute Gasteiger partial charge is 0.790 e. The monoisotopic (exact) mass is 393 g/mol. The summed E-state index contributed by atoms with van der Waals surface area (Å²) >= 11 is 0. The van der Waals surface area contributed by atoms with Crippen LogP contribution in [-0.4, -0.2) is 24.9 Å². The van der Waals surface area contributed by atoms with Crippen LogP contribution in [0.5, 0.6) is 0 Å². The van der Waals surface area contributed by atoms with E-state index in [2.05, 4.69) is 23.2 Å². The van der Waals surface area contributed by atoms with E-state index in [0.717, 1.165) is 0 Å². The Kier molecular flexibility index (Phi) is 6.95. The van der Waals surface area contributed by atoms with Crippen molar-refractivity contribution in [3.63, 3.8) is 0 Å². The molecule has 1 saturated heterocycles. The summed E-state index contributed by atoms with van der Waals surface area (Å²) in [7, 11) is -17.6. The highest BCUT2D eigenvalue weighted by atomic mass is 31.3. The first-order chi connectivity index (χ1) is 10.3. The van der Waals surface area contributed by atoms with E-state index in [9.17, 15) is 33.3 Å². The van der Waals surface area contributed by atoms with Gasteiger partial charge in [-0.25, -0.2) is 4.31 Å². The predicted molar refractivity (Wildman–Crippen MR) is 62.8 cm³/mol. The highest BCUT2D eigenvalue weighted by Gasteiger charge is 2.34. The molecule has 1 fully saturated rings. The summed E-state index contributed by atoms with van der Waals surface area (Å²) < 4.78 is 48.2. The van der Waals surface area contributed by atoms with Gasteiger partial charge in [-0.05, 0) is 18.9 Å². The van der Waals surface area contributed by atoms with Gasteiger partial charge in [0.25, 0.3) is 15.6 Å². The highest BCUT2D eigenvalue weighted by molar-refractivity contribution is 7.64. The molecule has 0 aromatic carbocycles. The van der Waals surface area contributed by atoms with Gasteiger partial charge in [-0.1, -0.05) is 5.11 Å². The van der Waals surface area contributed by atoms with E-state index in [1.807, 2.05) is 0 Å². The fourth-order valence-corrected chi connectivity index (χ4v) is 4.59. The molecule has 0 aliphatic carbocycles. The topological polar surface area (TPSA) is 229 Å². The van der Waals surface area contributed by atoms with Gasteiger partial charge in [0.2, 0.25) is 0 Å². The molecular formula is C6H10N3O11P3-4. The molecule has 0 N–H and O–H groups in total. The Hall–Kier alpha value is -0.320. The summed E-state index contributed by atoms with van der Waals surface area (Å²) in [5.74, 6) is 0. The fraction of sp³-hybridized carbons (Fsp3) is 1.00. The standard InChI is InChI=1S/C6H14N3O11P3/c1-4-2-5(8-9-7)6(18-4)3-17-22(13,14)20-23(15,16)19-21(10,11)12/h4-6H,2-3H2,1H3,(H,13,14)(H,15,16)(H2,10,11,12)/p-4/t4-,5+,6+/m0/s1. The summed E-state index contributed by atoms with van der Waals surface area (Å²) in [5, 5.41) is 3.36. The Bertz CT molecular complexity index is 614. The summed E-state index contributed by atoms with van der Waals surface area (Å²) in [5.41, 5.74) is 8.36. The van der Waals surface area contributed by atoms with Crippen molar-refractivity contribution in [2.45, 2.75) is 31.6 Å². The van der Waals surface area contributed by atoms with E-state index in [0.29, 0.717) is 0 Å². The minimum atomic E-state index is -6.04. The number of phosphoric ester groups is 1. The summed E-state index contributed by atoms with van der Waals surface area (Å²) in [4.78, 5) is 45.1. The molecule has 0 aromatic rings. The molecular weight excluding hydrogens is 383 g/mol. The van der Waals surface area contributed by atoms with Crippen LogP contribution in [0.4, 0.5) is 0 Å². The molecule has 1 aliphatic rings. The molecule has 2 unspecified atom stereocenters. The molecule has 1 aliphatic heterocycles. The lowest BCUT2D eigenvalue weighted by Gasteiger charge is -2.37. The SMILES string of the molecule is C[C@H]1C[C@@H](N=[N+]=[N-])[C@@H](COP(=O)([O-])OP(=O)([O-])OP(=O)([O-])[O-])O1. The maximum absolute atomic E-state index is 11.3. The molecule has 1 rings (SSSR count). The van der Waals surface area contributed by atoms with E-state index >= 15 is 0 Å². The molecule has 0 aromatic heterocycles. The average molecular weight is 393 g/mol. The van der Waals surface area contributed by atoms with E-state index in [1.54, 1.807) is 6.92 Å².